The van der Waals surface area contributed by atoms with Crippen molar-refractivity contribution in [3.63, 3.8) is 0 Å². The van der Waals surface area contributed by atoms with Crippen LogP contribution in [0.4, 0.5) is 0 Å². The summed E-state index contributed by atoms with van der Waals surface area (Å²) < 4.78 is 10.8. The molecule has 0 saturated carbocycles. The molecule has 4 rings (SSSR count). The topological polar surface area (TPSA) is 168 Å². The highest BCUT2D eigenvalue weighted by Crippen LogP contribution is 2.25. The number of carbonyl (C=O) groups excluding carboxylic acids is 4. The van der Waals surface area contributed by atoms with Gasteiger partial charge in [0, 0.05) is 0 Å². The van der Waals surface area contributed by atoms with Gasteiger partial charge in [0.1, 0.15) is 0 Å². The van der Waals surface area contributed by atoms with E-state index in [0.29, 0.717) is 0 Å². The van der Waals surface area contributed by atoms with Gasteiger partial charge in [-0.3, -0.25) is 29.0 Å². The van der Waals surface area contributed by atoms with Gasteiger partial charge in [-0.15, -0.1) is 0 Å². The average molecular weight is 496 g/mol. The second kappa shape index (κ2) is 10.1. The van der Waals surface area contributed by atoms with Crippen LogP contribution < -0.4 is 0 Å². The first-order chi connectivity index (χ1) is 17.2. The van der Waals surface area contributed by atoms with E-state index in [1.165, 1.54) is 36.4 Å². The fraction of sp³-hybridized carbons (Fsp3) is 0.250. The fourth-order valence-electron chi connectivity index (χ4n) is 3.89. The molecule has 0 bridgehead atoms. The van der Waals surface area contributed by atoms with Gasteiger partial charge < -0.3 is 19.7 Å². The molecule has 186 valence electrons. The van der Waals surface area contributed by atoms with E-state index in [-0.39, 0.29) is 72.9 Å². The third-order valence-electron chi connectivity index (χ3n) is 5.73. The van der Waals surface area contributed by atoms with Crippen molar-refractivity contribution in [2.24, 2.45) is 0 Å². The van der Waals surface area contributed by atoms with Crippen molar-refractivity contribution in [2.45, 2.75) is 0 Å². The Morgan fingerprint density at radius 2 is 0.944 bits per heavy atom. The number of hydrogen-bond donors (Lipinski definition) is 2. The van der Waals surface area contributed by atoms with Gasteiger partial charge >= 0.3 is 11.9 Å². The highest BCUT2D eigenvalue weighted by Gasteiger charge is 2.36. The quantitative estimate of drug-likeness (QED) is 0.338. The zero-order valence-electron chi connectivity index (χ0n) is 18.8. The monoisotopic (exact) mass is 496 g/mol. The second-order valence-corrected chi connectivity index (χ2v) is 7.88. The number of hydrogen-bond acceptors (Lipinski definition) is 8. The van der Waals surface area contributed by atoms with Crippen molar-refractivity contribution in [3.05, 3.63) is 69.8 Å². The number of aromatic carboxylic acids is 2. The van der Waals surface area contributed by atoms with Crippen LogP contribution in [0.1, 0.15) is 62.1 Å². The maximum Gasteiger partial charge on any atom is 0.335 e. The van der Waals surface area contributed by atoms with Gasteiger partial charge in [-0.2, -0.15) is 0 Å². The molecular weight excluding hydrogens is 476 g/mol. The Balaban J connectivity index is 1.17. The van der Waals surface area contributed by atoms with Gasteiger partial charge in [-0.05, 0) is 36.4 Å². The number of fused-ring (bicyclic) bond motifs is 2. The SMILES string of the molecule is O=C(O)c1ccc2c(c1)C(=O)N(CCOCCOCCN1C(=O)c3ccc(C(=O)O)cc3C1=O)C2=O. The normalized spacial score (nSPS) is 14.4. The predicted molar refractivity (Wildman–Crippen MR) is 119 cm³/mol. The summed E-state index contributed by atoms with van der Waals surface area (Å²) in [5.74, 6) is -4.62. The van der Waals surface area contributed by atoms with Crippen molar-refractivity contribution in [3.8, 4) is 0 Å². The summed E-state index contributed by atoms with van der Waals surface area (Å²) in [6.45, 7) is 0.257. The van der Waals surface area contributed by atoms with Crippen LogP contribution in [0.5, 0.6) is 0 Å². The Bertz CT molecular complexity index is 1200. The molecule has 2 aromatic rings. The standard InChI is InChI=1S/C24H20N2O10/c27-19-15-3-1-13(23(31)32)11-17(15)21(29)25(19)5-7-35-9-10-36-8-6-26-20(28)16-4-2-14(24(33)34)12-18(16)22(26)30/h1-4,11-12H,5-10H2,(H,31,32)(H,33,34). The summed E-state index contributed by atoms with van der Waals surface area (Å²) >= 11 is 0. The summed E-state index contributed by atoms with van der Waals surface area (Å²) in [5, 5.41) is 18.1. The summed E-state index contributed by atoms with van der Waals surface area (Å²) in [6.07, 6.45) is 0. The maximum atomic E-state index is 12.4. The Labute approximate surface area is 203 Å². The lowest BCUT2D eigenvalue weighted by Gasteiger charge is -2.15. The molecule has 4 amide bonds. The number of ether oxygens (including phenoxy) is 2. The predicted octanol–water partition coefficient (Wildman–Crippen LogP) is 1.01. The molecule has 0 aliphatic carbocycles. The minimum Gasteiger partial charge on any atom is -0.478 e. The number of benzene rings is 2. The van der Waals surface area contributed by atoms with E-state index in [1.54, 1.807) is 0 Å². The van der Waals surface area contributed by atoms with E-state index in [0.717, 1.165) is 9.80 Å². The number of amides is 4. The molecule has 2 aliphatic heterocycles. The highest BCUT2D eigenvalue weighted by molar-refractivity contribution is 6.22. The van der Waals surface area contributed by atoms with Crippen molar-refractivity contribution >= 4 is 35.6 Å². The van der Waals surface area contributed by atoms with E-state index in [2.05, 4.69) is 0 Å². The minimum absolute atomic E-state index is 0.0257. The Hall–Kier alpha value is -4.42. The van der Waals surface area contributed by atoms with Crippen LogP contribution in [0.2, 0.25) is 0 Å². The molecule has 0 atom stereocenters. The molecular formula is C24H20N2O10. The van der Waals surface area contributed by atoms with E-state index in [4.69, 9.17) is 19.7 Å². The van der Waals surface area contributed by atoms with Crippen LogP contribution in [0.15, 0.2) is 36.4 Å². The van der Waals surface area contributed by atoms with Crippen LogP contribution in [0, 0.1) is 0 Å². The summed E-state index contributed by atoms with van der Waals surface area (Å²) in [7, 11) is 0. The van der Waals surface area contributed by atoms with Gasteiger partial charge in [-0.1, -0.05) is 0 Å². The van der Waals surface area contributed by atoms with Crippen molar-refractivity contribution < 1.29 is 48.5 Å². The summed E-state index contributed by atoms with van der Waals surface area (Å²) in [6, 6.07) is 7.50. The zero-order chi connectivity index (χ0) is 26.0. The molecule has 2 aliphatic rings. The Morgan fingerprint density at radius 1 is 0.583 bits per heavy atom. The third kappa shape index (κ3) is 4.59. The summed E-state index contributed by atoms with van der Waals surface area (Å²) in [5.41, 5.74) is 0.181. The van der Waals surface area contributed by atoms with Gasteiger partial charge in [0.15, 0.2) is 0 Å². The van der Waals surface area contributed by atoms with E-state index in [9.17, 15) is 28.8 Å². The molecule has 12 nitrogen and oxygen atoms in total. The van der Waals surface area contributed by atoms with Crippen LogP contribution in [0.3, 0.4) is 0 Å². The summed E-state index contributed by atoms with van der Waals surface area (Å²) in [4.78, 5) is 73.8. The van der Waals surface area contributed by atoms with E-state index < -0.39 is 35.6 Å². The number of carboxylic acids is 2. The molecule has 12 heteroatoms. The highest BCUT2D eigenvalue weighted by atomic mass is 16.5. The first-order valence-electron chi connectivity index (χ1n) is 10.8. The lowest BCUT2D eigenvalue weighted by Crippen LogP contribution is -2.34. The smallest absolute Gasteiger partial charge is 0.335 e. The Kier molecular flexibility index (Phi) is 6.90. The molecule has 0 aromatic heterocycles. The van der Waals surface area contributed by atoms with Crippen molar-refractivity contribution in [2.75, 3.05) is 39.5 Å². The van der Waals surface area contributed by atoms with Gasteiger partial charge in [0.2, 0.25) is 0 Å². The first kappa shape index (κ1) is 24.7. The van der Waals surface area contributed by atoms with E-state index >= 15 is 0 Å². The van der Waals surface area contributed by atoms with Gasteiger partial charge in [0.25, 0.3) is 23.6 Å². The third-order valence-corrected chi connectivity index (χ3v) is 5.73. The second-order valence-electron chi connectivity index (χ2n) is 7.88. The molecule has 2 aromatic carbocycles. The van der Waals surface area contributed by atoms with Crippen LogP contribution in [-0.4, -0.2) is 95.1 Å². The molecule has 2 heterocycles. The molecule has 0 saturated heterocycles. The van der Waals surface area contributed by atoms with Gasteiger partial charge in [-0.25, -0.2) is 9.59 Å². The number of carboxylic acid groups (broad SMARTS) is 2. The number of carbonyl (C=O) groups is 6. The lowest BCUT2D eigenvalue weighted by atomic mass is 10.1. The average Bonchev–Trinajstić information content (AvgIpc) is 3.24. The number of imide groups is 2. The first-order valence-corrected chi connectivity index (χ1v) is 10.8. The van der Waals surface area contributed by atoms with Crippen LogP contribution in [0.25, 0.3) is 0 Å². The molecule has 0 radical (unpaired) electrons. The number of nitrogens with zero attached hydrogens (tertiary/aromatic N) is 2. The largest absolute Gasteiger partial charge is 0.478 e. The molecule has 0 fully saturated rings. The van der Waals surface area contributed by atoms with Gasteiger partial charge in [0.05, 0.1) is 72.9 Å². The maximum absolute atomic E-state index is 12.4. The minimum atomic E-state index is -1.20. The fourth-order valence-corrected chi connectivity index (χ4v) is 3.89. The van der Waals surface area contributed by atoms with Crippen molar-refractivity contribution in [1.82, 2.24) is 9.80 Å². The Morgan fingerprint density at radius 3 is 1.31 bits per heavy atom. The molecule has 0 unspecified atom stereocenters. The molecule has 36 heavy (non-hydrogen) atoms. The molecule has 0 spiro atoms. The lowest BCUT2D eigenvalue weighted by molar-refractivity contribution is 0.0285. The van der Waals surface area contributed by atoms with Crippen molar-refractivity contribution in [1.29, 1.82) is 0 Å². The van der Waals surface area contributed by atoms with Crippen LogP contribution in [-0.2, 0) is 9.47 Å². The van der Waals surface area contributed by atoms with E-state index in [1.807, 2.05) is 0 Å². The zero-order valence-corrected chi connectivity index (χ0v) is 18.8. The molecule has 2 N–H and O–H groups in total. The number of rotatable bonds is 11. The van der Waals surface area contributed by atoms with Crippen LogP contribution >= 0.6 is 0 Å².